The molecule has 0 aromatic carbocycles. The Morgan fingerprint density at radius 1 is 1.17 bits per heavy atom. The minimum Gasteiger partial charge on any atom is -0.464 e. The van der Waals surface area contributed by atoms with Crippen LogP contribution in [0.5, 0.6) is 0 Å². The van der Waals surface area contributed by atoms with Crippen molar-refractivity contribution in [2.24, 2.45) is 0 Å². The van der Waals surface area contributed by atoms with Crippen LogP contribution in [0, 0.1) is 13.8 Å². The van der Waals surface area contributed by atoms with E-state index in [-0.39, 0.29) is 5.69 Å². The Morgan fingerprint density at radius 3 is 2.52 bits per heavy atom. The summed E-state index contributed by atoms with van der Waals surface area (Å²) in [6.07, 6.45) is 3.35. The number of carbonyl (C=O) groups is 1. The molecule has 0 saturated heterocycles. The monoisotopic (exact) mass is 309 g/mol. The van der Waals surface area contributed by atoms with Gasteiger partial charge in [-0.3, -0.25) is 4.98 Å². The molecule has 0 aliphatic heterocycles. The van der Waals surface area contributed by atoms with Gasteiger partial charge in [-0.15, -0.1) is 0 Å². The van der Waals surface area contributed by atoms with Gasteiger partial charge in [0.1, 0.15) is 0 Å². The van der Waals surface area contributed by atoms with Crippen molar-refractivity contribution in [1.29, 1.82) is 0 Å². The first-order chi connectivity index (χ1) is 11.1. The lowest BCUT2D eigenvalue weighted by atomic mass is 10.2. The lowest BCUT2D eigenvalue weighted by Gasteiger charge is -2.06. The minimum atomic E-state index is -0.504. The van der Waals surface area contributed by atoms with Gasteiger partial charge in [-0.1, -0.05) is 0 Å². The molecule has 0 atom stereocenters. The normalized spacial score (nSPS) is 10.6. The summed E-state index contributed by atoms with van der Waals surface area (Å²) in [5.41, 5.74) is 3.24. The molecule has 3 aromatic heterocycles. The Morgan fingerprint density at radius 2 is 1.91 bits per heavy atom. The second-order valence-corrected chi connectivity index (χ2v) is 5.01. The van der Waals surface area contributed by atoms with E-state index in [4.69, 9.17) is 4.74 Å². The lowest BCUT2D eigenvalue weighted by Crippen LogP contribution is -2.13. The number of hydrogen-bond donors (Lipinski definition) is 0. The van der Waals surface area contributed by atoms with Crippen LogP contribution in [0.3, 0.4) is 0 Å². The number of aromatic nitrogens is 5. The van der Waals surface area contributed by atoms with E-state index in [1.807, 2.05) is 26.0 Å². The predicted octanol–water partition coefficient (Wildman–Crippen LogP) is 2.13. The third kappa shape index (κ3) is 2.94. The third-order valence-corrected chi connectivity index (χ3v) is 3.22. The SMILES string of the molecule is COC(=O)c1cc(-c2cccnc2)nn1-c1nc(C)cc(C)n1. The van der Waals surface area contributed by atoms with E-state index in [2.05, 4.69) is 20.1 Å². The number of methoxy groups -OCH3 is 1. The van der Waals surface area contributed by atoms with Crippen LogP contribution in [0.4, 0.5) is 0 Å². The van der Waals surface area contributed by atoms with Crippen LogP contribution in [0.2, 0.25) is 0 Å². The Kier molecular flexibility index (Phi) is 3.84. The number of pyridine rings is 1. The van der Waals surface area contributed by atoms with Crippen LogP contribution < -0.4 is 0 Å². The van der Waals surface area contributed by atoms with Crippen molar-refractivity contribution in [3.05, 3.63) is 53.7 Å². The van der Waals surface area contributed by atoms with Gasteiger partial charge in [-0.25, -0.2) is 14.8 Å². The van der Waals surface area contributed by atoms with Crippen LogP contribution in [0.15, 0.2) is 36.7 Å². The van der Waals surface area contributed by atoms with Gasteiger partial charge in [0.25, 0.3) is 5.95 Å². The summed E-state index contributed by atoms with van der Waals surface area (Å²) in [6, 6.07) is 7.17. The molecule has 23 heavy (non-hydrogen) atoms. The van der Waals surface area contributed by atoms with E-state index in [0.29, 0.717) is 11.6 Å². The second kappa shape index (κ2) is 5.96. The van der Waals surface area contributed by atoms with Crippen molar-refractivity contribution in [1.82, 2.24) is 24.7 Å². The van der Waals surface area contributed by atoms with Crippen LogP contribution in [-0.4, -0.2) is 37.8 Å². The molecule has 3 rings (SSSR count). The molecular formula is C16H15N5O2. The quantitative estimate of drug-likeness (QED) is 0.689. The zero-order valence-electron chi connectivity index (χ0n) is 13.0. The molecule has 7 heteroatoms. The molecule has 0 fully saturated rings. The first kappa shape index (κ1) is 14.8. The van der Waals surface area contributed by atoms with E-state index in [1.165, 1.54) is 11.8 Å². The van der Waals surface area contributed by atoms with E-state index < -0.39 is 5.97 Å². The zero-order chi connectivity index (χ0) is 16.4. The molecule has 0 unspecified atom stereocenters. The summed E-state index contributed by atoms with van der Waals surface area (Å²) in [5.74, 6) is -0.173. The molecule has 0 bridgehead atoms. The van der Waals surface area contributed by atoms with E-state index in [1.54, 1.807) is 24.5 Å². The van der Waals surface area contributed by atoms with Crippen molar-refractivity contribution in [2.45, 2.75) is 13.8 Å². The smallest absolute Gasteiger partial charge is 0.356 e. The Bertz CT molecular complexity index is 838. The molecule has 3 heterocycles. The molecule has 0 radical (unpaired) electrons. The van der Waals surface area contributed by atoms with Crippen molar-refractivity contribution in [3.8, 4) is 17.2 Å². The highest BCUT2D eigenvalue weighted by atomic mass is 16.5. The third-order valence-electron chi connectivity index (χ3n) is 3.22. The maximum Gasteiger partial charge on any atom is 0.356 e. The molecule has 116 valence electrons. The van der Waals surface area contributed by atoms with Crippen molar-refractivity contribution in [2.75, 3.05) is 7.11 Å². The number of hydrogen-bond acceptors (Lipinski definition) is 6. The molecule has 0 aliphatic rings. The summed E-state index contributed by atoms with van der Waals surface area (Å²) in [6.45, 7) is 3.73. The molecular weight excluding hydrogens is 294 g/mol. The summed E-state index contributed by atoms with van der Waals surface area (Å²) in [7, 11) is 1.33. The van der Waals surface area contributed by atoms with Crippen molar-refractivity contribution >= 4 is 5.97 Å². The molecule has 0 amide bonds. The molecule has 0 N–H and O–H groups in total. The fraction of sp³-hybridized carbons (Fsp3) is 0.188. The molecule has 0 saturated carbocycles. The fourth-order valence-corrected chi connectivity index (χ4v) is 2.24. The van der Waals surface area contributed by atoms with E-state index in [9.17, 15) is 4.79 Å². The molecule has 3 aromatic rings. The lowest BCUT2D eigenvalue weighted by molar-refractivity contribution is 0.0590. The molecule has 0 aliphatic carbocycles. The second-order valence-electron chi connectivity index (χ2n) is 5.01. The van der Waals surface area contributed by atoms with Gasteiger partial charge in [0.15, 0.2) is 5.69 Å². The Balaban J connectivity index is 2.18. The van der Waals surface area contributed by atoms with Gasteiger partial charge in [0, 0.05) is 29.3 Å². The highest BCUT2D eigenvalue weighted by molar-refractivity contribution is 5.89. The maximum atomic E-state index is 12.1. The zero-order valence-corrected chi connectivity index (χ0v) is 13.0. The number of rotatable bonds is 3. The number of nitrogens with zero attached hydrogens (tertiary/aromatic N) is 5. The summed E-state index contributed by atoms with van der Waals surface area (Å²) < 4.78 is 6.23. The number of aryl methyl sites for hydroxylation is 2. The Hall–Kier alpha value is -3.09. The van der Waals surface area contributed by atoms with Crippen molar-refractivity contribution in [3.63, 3.8) is 0 Å². The van der Waals surface area contributed by atoms with Gasteiger partial charge in [0.2, 0.25) is 0 Å². The summed E-state index contributed by atoms with van der Waals surface area (Å²) >= 11 is 0. The maximum absolute atomic E-state index is 12.1. The topological polar surface area (TPSA) is 82.8 Å². The van der Waals surface area contributed by atoms with Gasteiger partial charge in [-0.2, -0.15) is 9.78 Å². The van der Waals surface area contributed by atoms with Crippen LogP contribution in [-0.2, 0) is 4.74 Å². The molecule has 0 spiro atoms. The number of esters is 1. The number of carbonyl (C=O) groups excluding carboxylic acids is 1. The summed E-state index contributed by atoms with van der Waals surface area (Å²) in [4.78, 5) is 24.8. The van der Waals surface area contributed by atoms with Crippen LogP contribution >= 0.6 is 0 Å². The Labute approximate surface area is 133 Å². The number of ether oxygens (including phenoxy) is 1. The average molecular weight is 309 g/mol. The van der Waals surface area contributed by atoms with Gasteiger partial charge in [0.05, 0.1) is 12.8 Å². The van der Waals surface area contributed by atoms with Gasteiger partial charge < -0.3 is 4.74 Å². The van der Waals surface area contributed by atoms with E-state index in [0.717, 1.165) is 17.0 Å². The first-order valence-electron chi connectivity index (χ1n) is 7.00. The van der Waals surface area contributed by atoms with Crippen LogP contribution in [0.1, 0.15) is 21.9 Å². The minimum absolute atomic E-state index is 0.261. The highest BCUT2D eigenvalue weighted by Gasteiger charge is 2.20. The van der Waals surface area contributed by atoms with Crippen molar-refractivity contribution < 1.29 is 9.53 Å². The standard InChI is InChI=1S/C16H15N5O2/c1-10-7-11(2)19-16(18-10)21-14(15(22)23-3)8-13(20-21)12-5-4-6-17-9-12/h4-9H,1-3H3. The highest BCUT2D eigenvalue weighted by Crippen LogP contribution is 2.20. The fourth-order valence-electron chi connectivity index (χ4n) is 2.24. The van der Waals surface area contributed by atoms with Gasteiger partial charge >= 0.3 is 5.97 Å². The molecule has 7 nitrogen and oxygen atoms in total. The predicted molar refractivity (Wildman–Crippen MR) is 83.2 cm³/mol. The largest absolute Gasteiger partial charge is 0.464 e. The van der Waals surface area contributed by atoms with E-state index >= 15 is 0 Å². The average Bonchev–Trinajstić information content (AvgIpc) is 2.99. The van der Waals surface area contributed by atoms with Gasteiger partial charge in [-0.05, 0) is 38.1 Å². The first-order valence-corrected chi connectivity index (χ1v) is 7.00. The summed E-state index contributed by atoms with van der Waals surface area (Å²) in [5, 5.41) is 4.45. The van der Waals surface area contributed by atoms with Crippen LogP contribution in [0.25, 0.3) is 17.2 Å².